The van der Waals surface area contributed by atoms with E-state index >= 15 is 0 Å². The molecule has 6 heteroatoms. The fourth-order valence-electron chi connectivity index (χ4n) is 3.59. The molecule has 4 rings (SSSR count). The zero-order chi connectivity index (χ0) is 20.0. The Morgan fingerprint density at radius 2 is 1.86 bits per heavy atom. The number of hydrogen-bond donors (Lipinski definition) is 1. The molecular formula is C22H18ClNO4. The van der Waals surface area contributed by atoms with Crippen LogP contribution < -0.4 is 10.9 Å². The number of aryl methyl sites for hydroxylation is 3. The Morgan fingerprint density at radius 1 is 1.11 bits per heavy atom. The highest BCUT2D eigenvalue weighted by atomic mass is 35.5. The zero-order valence-electron chi connectivity index (χ0n) is 15.7. The first kappa shape index (κ1) is 18.3. The number of carbonyl (C=O) groups excluding carboxylic acids is 1. The lowest BCUT2D eigenvalue weighted by Crippen LogP contribution is -2.20. The lowest BCUT2D eigenvalue weighted by Gasteiger charge is -2.10. The van der Waals surface area contributed by atoms with Crippen molar-refractivity contribution in [2.75, 3.05) is 5.32 Å². The van der Waals surface area contributed by atoms with Crippen LogP contribution >= 0.6 is 11.6 Å². The fourth-order valence-corrected chi connectivity index (χ4v) is 3.78. The molecule has 0 bridgehead atoms. The molecule has 0 aliphatic heterocycles. The average molecular weight is 396 g/mol. The number of benzene rings is 2. The maximum absolute atomic E-state index is 12.6. The van der Waals surface area contributed by atoms with Crippen LogP contribution in [0.5, 0.6) is 0 Å². The van der Waals surface area contributed by atoms with Crippen LogP contribution in [0.4, 0.5) is 5.69 Å². The molecule has 0 fully saturated rings. The molecule has 0 saturated heterocycles. The van der Waals surface area contributed by atoms with Gasteiger partial charge in [0.1, 0.15) is 11.2 Å². The van der Waals surface area contributed by atoms with Crippen molar-refractivity contribution in [3.63, 3.8) is 0 Å². The van der Waals surface area contributed by atoms with Crippen LogP contribution in [0.25, 0.3) is 21.9 Å². The highest BCUT2D eigenvalue weighted by Crippen LogP contribution is 2.34. The molecule has 0 aliphatic carbocycles. The predicted molar refractivity (Wildman–Crippen MR) is 110 cm³/mol. The molecule has 0 radical (unpaired) electrons. The van der Waals surface area contributed by atoms with E-state index < -0.39 is 5.63 Å². The van der Waals surface area contributed by atoms with Crippen molar-refractivity contribution in [1.29, 1.82) is 0 Å². The van der Waals surface area contributed by atoms with Gasteiger partial charge >= 0.3 is 5.63 Å². The summed E-state index contributed by atoms with van der Waals surface area (Å²) in [6.07, 6.45) is 1.57. The van der Waals surface area contributed by atoms with Crippen molar-refractivity contribution >= 4 is 45.1 Å². The molecule has 0 spiro atoms. The highest BCUT2D eigenvalue weighted by molar-refractivity contribution is 6.33. The summed E-state index contributed by atoms with van der Waals surface area (Å²) in [5, 5.41) is 4.88. The molecular weight excluding hydrogens is 378 g/mol. The van der Waals surface area contributed by atoms with E-state index in [9.17, 15) is 9.59 Å². The van der Waals surface area contributed by atoms with E-state index in [0.29, 0.717) is 38.4 Å². The van der Waals surface area contributed by atoms with E-state index in [2.05, 4.69) is 5.32 Å². The lowest BCUT2D eigenvalue weighted by molar-refractivity contribution is -0.115. The van der Waals surface area contributed by atoms with Crippen LogP contribution in [-0.4, -0.2) is 5.91 Å². The minimum atomic E-state index is -0.527. The molecule has 0 unspecified atom stereocenters. The fraction of sp³-hybridized carbons (Fsp3) is 0.182. The first-order valence-corrected chi connectivity index (χ1v) is 9.22. The average Bonchev–Trinajstić information content (AvgIpc) is 3.02. The number of rotatable bonds is 3. The summed E-state index contributed by atoms with van der Waals surface area (Å²) in [6.45, 7) is 5.73. The summed E-state index contributed by atoms with van der Waals surface area (Å²) >= 11 is 6.09. The van der Waals surface area contributed by atoms with Gasteiger partial charge in [0.15, 0.2) is 0 Å². The van der Waals surface area contributed by atoms with Crippen LogP contribution in [0.1, 0.15) is 22.3 Å². The molecule has 1 amide bonds. The molecule has 142 valence electrons. The molecule has 2 aromatic carbocycles. The molecule has 5 nitrogen and oxygen atoms in total. The standard InChI is InChI=1S/C22H18ClNO4/c1-11-8-17-20(21-19(11)12(2)10-27-21)13(3)14(22(26)28-17)9-18(25)24-16-7-5-4-6-15(16)23/h4-8,10H,9H2,1-3H3,(H,24,25). The van der Waals surface area contributed by atoms with E-state index in [1.165, 1.54) is 0 Å². The minimum absolute atomic E-state index is 0.121. The Hall–Kier alpha value is -3.05. The van der Waals surface area contributed by atoms with Gasteiger partial charge in [-0.2, -0.15) is 0 Å². The third kappa shape index (κ3) is 2.98. The summed E-state index contributed by atoms with van der Waals surface area (Å²) in [5.74, 6) is -0.346. The van der Waals surface area contributed by atoms with E-state index in [0.717, 1.165) is 16.5 Å². The van der Waals surface area contributed by atoms with Gasteiger partial charge in [-0.15, -0.1) is 0 Å². The number of furan rings is 1. The summed E-state index contributed by atoms with van der Waals surface area (Å²) in [4.78, 5) is 25.1. The lowest BCUT2D eigenvalue weighted by atomic mass is 9.99. The predicted octanol–water partition coefficient (Wildman–Crippen LogP) is 5.30. The van der Waals surface area contributed by atoms with Gasteiger partial charge in [0, 0.05) is 5.39 Å². The van der Waals surface area contributed by atoms with Gasteiger partial charge < -0.3 is 14.2 Å². The molecule has 28 heavy (non-hydrogen) atoms. The number of para-hydroxylation sites is 1. The van der Waals surface area contributed by atoms with Crippen molar-refractivity contribution in [2.24, 2.45) is 0 Å². The van der Waals surface area contributed by atoms with Crippen LogP contribution in [0.15, 0.2) is 50.2 Å². The van der Waals surface area contributed by atoms with Crippen molar-refractivity contribution in [3.8, 4) is 0 Å². The van der Waals surface area contributed by atoms with Crippen LogP contribution in [0.2, 0.25) is 5.02 Å². The summed E-state index contributed by atoms with van der Waals surface area (Å²) in [5.41, 5.74) is 4.06. The van der Waals surface area contributed by atoms with Gasteiger partial charge in [-0.1, -0.05) is 23.7 Å². The van der Waals surface area contributed by atoms with Crippen molar-refractivity contribution in [1.82, 2.24) is 0 Å². The second-order valence-corrected chi connectivity index (χ2v) is 7.29. The van der Waals surface area contributed by atoms with Crippen molar-refractivity contribution in [3.05, 3.63) is 74.3 Å². The second kappa shape index (κ2) is 6.84. The highest BCUT2D eigenvalue weighted by Gasteiger charge is 2.20. The van der Waals surface area contributed by atoms with E-state index in [-0.39, 0.29) is 12.3 Å². The van der Waals surface area contributed by atoms with E-state index in [1.54, 1.807) is 30.5 Å². The smallest absolute Gasteiger partial charge is 0.340 e. The molecule has 2 heterocycles. The number of halogens is 1. The van der Waals surface area contributed by atoms with Crippen LogP contribution in [0.3, 0.4) is 0 Å². The zero-order valence-corrected chi connectivity index (χ0v) is 16.4. The Balaban J connectivity index is 1.80. The first-order chi connectivity index (χ1) is 13.4. The van der Waals surface area contributed by atoms with Crippen molar-refractivity contribution < 1.29 is 13.6 Å². The topological polar surface area (TPSA) is 72.5 Å². The van der Waals surface area contributed by atoms with Gasteiger partial charge in [-0.25, -0.2) is 4.79 Å². The normalized spacial score (nSPS) is 11.3. The molecule has 4 aromatic rings. The van der Waals surface area contributed by atoms with E-state index in [1.807, 2.05) is 26.8 Å². The monoisotopic (exact) mass is 395 g/mol. The first-order valence-electron chi connectivity index (χ1n) is 8.85. The number of carbonyl (C=O) groups is 1. The number of fused-ring (bicyclic) bond motifs is 3. The third-order valence-electron chi connectivity index (χ3n) is 4.95. The maximum atomic E-state index is 12.6. The molecule has 0 atom stereocenters. The van der Waals surface area contributed by atoms with Crippen LogP contribution in [0, 0.1) is 20.8 Å². The molecule has 2 aromatic heterocycles. The van der Waals surface area contributed by atoms with Gasteiger partial charge in [0.2, 0.25) is 5.91 Å². The van der Waals surface area contributed by atoms with Gasteiger partial charge in [-0.05, 0) is 55.7 Å². The molecule has 1 N–H and O–H groups in total. The SMILES string of the molecule is Cc1coc2c1c(C)cc1oc(=O)c(CC(=O)Nc3ccccc3Cl)c(C)c12. The Morgan fingerprint density at radius 3 is 2.61 bits per heavy atom. The quantitative estimate of drug-likeness (QED) is 0.478. The van der Waals surface area contributed by atoms with Gasteiger partial charge in [0.05, 0.1) is 34.3 Å². The van der Waals surface area contributed by atoms with Crippen LogP contribution in [-0.2, 0) is 11.2 Å². The van der Waals surface area contributed by atoms with E-state index in [4.69, 9.17) is 20.4 Å². The van der Waals surface area contributed by atoms with Gasteiger partial charge in [0.25, 0.3) is 0 Å². The number of amides is 1. The summed E-state index contributed by atoms with van der Waals surface area (Å²) in [7, 11) is 0. The Bertz CT molecular complexity index is 1300. The Labute approximate surface area is 165 Å². The number of nitrogens with one attached hydrogen (secondary N) is 1. The van der Waals surface area contributed by atoms with Crippen molar-refractivity contribution in [2.45, 2.75) is 27.2 Å². The number of hydrogen-bond acceptors (Lipinski definition) is 4. The minimum Gasteiger partial charge on any atom is -0.463 e. The summed E-state index contributed by atoms with van der Waals surface area (Å²) in [6, 6.07) is 8.77. The maximum Gasteiger partial charge on any atom is 0.340 e. The Kier molecular flexibility index (Phi) is 4.47. The molecule has 0 aliphatic rings. The van der Waals surface area contributed by atoms with Gasteiger partial charge in [-0.3, -0.25) is 4.79 Å². The largest absolute Gasteiger partial charge is 0.463 e. The summed E-state index contributed by atoms with van der Waals surface area (Å²) < 4.78 is 11.3. The molecule has 0 saturated carbocycles. The second-order valence-electron chi connectivity index (χ2n) is 6.89. The third-order valence-corrected chi connectivity index (χ3v) is 5.28. The number of anilines is 1.